The summed E-state index contributed by atoms with van der Waals surface area (Å²) in [6.07, 6.45) is 74.1. The molecule has 0 aliphatic rings. The maximum atomic E-state index is 12.8. The van der Waals surface area contributed by atoms with Crippen molar-refractivity contribution in [1.82, 2.24) is 0 Å². The smallest absolute Gasteiger partial charge is 0.306 e. The van der Waals surface area contributed by atoms with Gasteiger partial charge in [-0.2, -0.15) is 0 Å². The van der Waals surface area contributed by atoms with Crippen LogP contribution in [0, 0.1) is 0 Å². The summed E-state index contributed by atoms with van der Waals surface area (Å²) in [6, 6.07) is 0. The van der Waals surface area contributed by atoms with Crippen LogP contribution in [0.5, 0.6) is 0 Å². The minimum absolute atomic E-state index is 0.0989. The molecule has 1 atom stereocenters. The highest BCUT2D eigenvalue weighted by molar-refractivity contribution is 5.71. The number of carbonyl (C=O) groups is 3. The molecule has 68 heavy (non-hydrogen) atoms. The van der Waals surface area contributed by atoms with Gasteiger partial charge in [0.1, 0.15) is 13.2 Å². The molecule has 0 spiro atoms. The first-order chi connectivity index (χ1) is 33.5. The monoisotopic (exact) mass is 945 g/mol. The molecule has 0 heterocycles. The quantitative estimate of drug-likeness (QED) is 0.0262. The van der Waals surface area contributed by atoms with Gasteiger partial charge in [-0.15, -0.1) is 0 Å². The van der Waals surface area contributed by atoms with Crippen LogP contribution < -0.4 is 0 Å². The van der Waals surface area contributed by atoms with Crippen molar-refractivity contribution < 1.29 is 28.6 Å². The number of esters is 3. The highest BCUT2D eigenvalue weighted by Crippen LogP contribution is 2.15. The summed E-state index contributed by atoms with van der Waals surface area (Å²) in [6.45, 7) is 6.42. The topological polar surface area (TPSA) is 78.9 Å². The second kappa shape index (κ2) is 55.9. The van der Waals surface area contributed by atoms with Crippen LogP contribution in [0.4, 0.5) is 0 Å². The summed E-state index contributed by atoms with van der Waals surface area (Å²) < 4.78 is 16.8. The van der Waals surface area contributed by atoms with Gasteiger partial charge in [0.25, 0.3) is 0 Å². The van der Waals surface area contributed by atoms with Crippen molar-refractivity contribution in [3.05, 3.63) is 97.2 Å². The Hall–Kier alpha value is -3.67. The summed E-state index contributed by atoms with van der Waals surface area (Å²) >= 11 is 0. The lowest BCUT2D eigenvalue weighted by Crippen LogP contribution is -2.30. The molecule has 0 N–H and O–H groups in total. The van der Waals surface area contributed by atoms with Crippen molar-refractivity contribution in [3.63, 3.8) is 0 Å². The molecule has 6 heteroatoms. The van der Waals surface area contributed by atoms with Crippen molar-refractivity contribution in [2.45, 2.75) is 264 Å². The molecule has 6 nitrogen and oxygen atoms in total. The van der Waals surface area contributed by atoms with Crippen molar-refractivity contribution in [2.24, 2.45) is 0 Å². The fourth-order valence-corrected chi connectivity index (χ4v) is 7.61. The summed E-state index contributed by atoms with van der Waals surface area (Å²) in [4.78, 5) is 38.0. The zero-order valence-corrected chi connectivity index (χ0v) is 44.3. The predicted octanol–water partition coefficient (Wildman–Crippen LogP) is 18.9. The first-order valence-corrected chi connectivity index (χ1v) is 28.2. The molecule has 0 saturated heterocycles. The fraction of sp³-hybridized carbons (Fsp3) is 0.694. The van der Waals surface area contributed by atoms with Gasteiger partial charge in [0.15, 0.2) is 6.10 Å². The van der Waals surface area contributed by atoms with Gasteiger partial charge in [-0.1, -0.05) is 246 Å². The zero-order chi connectivity index (χ0) is 49.3. The Balaban J connectivity index is 4.41. The van der Waals surface area contributed by atoms with Crippen molar-refractivity contribution in [1.29, 1.82) is 0 Å². The van der Waals surface area contributed by atoms with Crippen molar-refractivity contribution >= 4 is 17.9 Å². The lowest BCUT2D eigenvalue weighted by Gasteiger charge is -2.18. The molecule has 1 unspecified atom stereocenters. The van der Waals surface area contributed by atoms with Gasteiger partial charge in [-0.05, 0) is 89.9 Å². The number of allylic oxidation sites excluding steroid dienone is 16. The van der Waals surface area contributed by atoms with Gasteiger partial charge in [0.05, 0.1) is 0 Å². The zero-order valence-electron chi connectivity index (χ0n) is 44.3. The molecule has 0 aromatic rings. The molecule has 0 bridgehead atoms. The lowest BCUT2D eigenvalue weighted by molar-refractivity contribution is -0.167. The average Bonchev–Trinajstić information content (AvgIpc) is 3.34. The van der Waals surface area contributed by atoms with E-state index in [0.29, 0.717) is 19.3 Å². The van der Waals surface area contributed by atoms with E-state index in [1.807, 2.05) is 0 Å². The summed E-state index contributed by atoms with van der Waals surface area (Å²) in [5, 5.41) is 0. The number of unbranched alkanes of at least 4 members (excludes halogenated alkanes) is 23. The third kappa shape index (κ3) is 53.3. The van der Waals surface area contributed by atoms with Crippen molar-refractivity contribution in [2.75, 3.05) is 13.2 Å². The molecule has 0 aromatic carbocycles. The van der Waals surface area contributed by atoms with E-state index in [9.17, 15) is 14.4 Å². The van der Waals surface area contributed by atoms with Crippen LogP contribution in [-0.4, -0.2) is 37.2 Å². The first kappa shape index (κ1) is 64.3. The Labute approximate surface area is 419 Å². The second-order valence-electron chi connectivity index (χ2n) is 18.5. The van der Waals surface area contributed by atoms with Gasteiger partial charge in [0, 0.05) is 19.3 Å². The van der Waals surface area contributed by atoms with E-state index in [-0.39, 0.29) is 37.5 Å². The Morgan fingerprint density at radius 1 is 0.309 bits per heavy atom. The van der Waals surface area contributed by atoms with E-state index in [1.54, 1.807) is 0 Å². The molecule has 0 fully saturated rings. The maximum absolute atomic E-state index is 12.8. The Morgan fingerprint density at radius 3 is 1.03 bits per heavy atom. The standard InChI is InChI=1S/C62H104O6/c1-4-7-10-13-16-19-22-24-26-28-29-30-31-32-33-35-36-38-40-43-46-49-52-55-61(64)67-58-59(57-66-60(63)54-51-48-45-42-21-18-15-12-9-6-3)68-62(65)56-53-50-47-44-41-39-37-34-27-25-23-20-17-14-11-8-5-2/h7,10,12,15-16,19,24,26,29-30,32-33,36,38,43,46,59H,4-6,8-9,11,13-14,17-18,20-23,25,27-28,31,34-35,37,39-42,44-45,47-58H2,1-3H3/b10-7-,15-12-,19-16-,26-24-,30-29-,33-32-,38-36-,46-43-. The molecule has 0 aromatic heterocycles. The average molecular weight is 946 g/mol. The molecule has 0 rings (SSSR count). The Bertz CT molecular complexity index is 1360. The number of ether oxygens (including phenoxy) is 3. The SMILES string of the molecule is CC/C=C\C/C=C\C/C=C\C/C=C\C/C=C\C/C=C\C/C=C\CCCC(=O)OCC(COC(=O)CCCCCCC/C=C\CCC)OC(=O)CCCCCCCCCCCCCCCCCCC. The van der Waals surface area contributed by atoms with Crippen LogP contribution in [-0.2, 0) is 28.6 Å². The van der Waals surface area contributed by atoms with Gasteiger partial charge < -0.3 is 14.2 Å². The summed E-state index contributed by atoms with van der Waals surface area (Å²) in [5.74, 6) is -0.967. The first-order valence-electron chi connectivity index (χ1n) is 28.2. The van der Waals surface area contributed by atoms with Gasteiger partial charge in [-0.25, -0.2) is 0 Å². The Kier molecular flexibility index (Phi) is 52.9. The van der Waals surface area contributed by atoms with Gasteiger partial charge in [-0.3, -0.25) is 14.4 Å². The summed E-state index contributed by atoms with van der Waals surface area (Å²) in [5.41, 5.74) is 0. The number of carbonyl (C=O) groups excluding carboxylic acids is 3. The molecule has 388 valence electrons. The second-order valence-corrected chi connectivity index (χ2v) is 18.5. The molecule has 0 radical (unpaired) electrons. The van der Waals surface area contributed by atoms with E-state index in [1.165, 1.54) is 103 Å². The molecule has 0 aliphatic carbocycles. The largest absolute Gasteiger partial charge is 0.462 e. The Morgan fingerprint density at radius 2 is 0.618 bits per heavy atom. The van der Waals surface area contributed by atoms with E-state index >= 15 is 0 Å². The van der Waals surface area contributed by atoms with E-state index < -0.39 is 6.10 Å². The lowest BCUT2D eigenvalue weighted by atomic mass is 10.0. The minimum atomic E-state index is -0.803. The van der Waals surface area contributed by atoms with Crippen LogP contribution in [0.2, 0.25) is 0 Å². The van der Waals surface area contributed by atoms with Crippen LogP contribution in [0.25, 0.3) is 0 Å². The highest BCUT2D eigenvalue weighted by Gasteiger charge is 2.19. The normalized spacial score (nSPS) is 12.8. The van der Waals surface area contributed by atoms with E-state index in [0.717, 1.165) is 109 Å². The molecule has 0 aliphatic heterocycles. The van der Waals surface area contributed by atoms with Crippen LogP contribution in [0.3, 0.4) is 0 Å². The minimum Gasteiger partial charge on any atom is -0.462 e. The number of hydrogen-bond donors (Lipinski definition) is 0. The molecule has 0 saturated carbocycles. The predicted molar refractivity (Wildman–Crippen MR) is 293 cm³/mol. The third-order valence-corrected chi connectivity index (χ3v) is 11.8. The van der Waals surface area contributed by atoms with Crippen molar-refractivity contribution in [3.8, 4) is 0 Å². The van der Waals surface area contributed by atoms with Crippen LogP contribution in [0.15, 0.2) is 97.2 Å². The van der Waals surface area contributed by atoms with E-state index in [4.69, 9.17) is 14.2 Å². The number of rotatable bonds is 50. The fourth-order valence-electron chi connectivity index (χ4n) is 7.61. The van der Waals surface area contributed by atoms with Crippen LogP contribution in [0.1, 0.15) is 258 Å². The van der Waals surface area contributed by atoms with E-state index in [2.05, 4.69) is 118 Å². The van der Waals surface area contributed by atoms with Gasteiger partial charge in [0.2, 0.25) is 0 Å². The van der Waals surface area contributed by atoms with Gasteiger partial charge >= 0.3 is 17.9 Å². The third-order valence-electron chi connectivity index (χ3n) is 11.8. The molecular weight excluding hydrogens is 841 g/mol. The molecular formula is C62H104O6. The maximum Gasteiger partial charge on any atom is 0.306 e. The molecule has 0 amide bonds. The number of hydrogen-bond acceptors (Lipinski definition) is 6. The van der Waals surface area contributed by atoms with Crippen LogP contribution >= 0.6 is 0 Å². The highest BCUT2D eigenvalue weighted by atomic mass is 16.6. The summed E-state index contributed by atoms with van der Waals surface area (Å²) in [7, 11) is 0.